The summed E-state index contributed by atoms with van der Waals surface area (Å²) in [5, 5.41) is 12.8. The Bertz CT molecular complexity index is 642. The highest BCUT2D eigenvalue weighted by Crippen LogP contribution is 2.11. The fourth-order valence-corrected chi connectivity index (χ4v) is 1.97. The van der Waals surface area contributed by atoms with Crippen molar-refractivity contribution in [2.45, 2.75) is 0 Å². The van der Waals surface area contributed by atoms with E-state index in [2.05, 4.69) is 11.7 Å². The van der Waals surface area contributed by atoms with Crippen molar-refractivity contribution in [1.82, 2.24) is 0 Å². The number of quaternary nitrogens is 1. The van der Waals surface area contributed by atoms with E-state index in [0.29, 0.717) is 11.4 Å². The van der Waals surface area contributed by atoms with E-state index in [-0.39, 0.29) is 0 Å². The van der Waals surface area contributed by atoms with Gasteiger partial charge in [0.2, 0.25) is 0 Å². The van der Waals surface area contributed by atoms with E-state index in [9.17, 15) is 0 Å². The van der Waals surface area contributed by atoms with Gasteiger partial charge < -0.3 is 0 Å². The Labute approximate surface area is 119 Å². The van der Waals surface area contributed by atoms with Crippen molar-refractivity contribution in [3.8, 4) is 0 Å². The third-order valence-corrected chi connectivity index (χ3v) is 2.95. The Balaban J connectivity index is 2.44. The van der Waals surface area contributed by atoms with Gasteiger partial charge in [0.05, 0.1) is 12.8 Å². The van der Waals surface area contributed by atoms with Gasteiger partial charge in [0.15, 0.2) is 5.71 Å². The first-order valence-corrected chi connectivity index (χ1v) is 6.49. The van der Waals surface area contributed by atoms with Gasteiger partial charge in [-0.15, -0.1) is 0 Å². The molecule has 3 N–H and O–H groups in total. The molecule has 0 unspecified atom stereocenters. The van der Waals surface area contributed by atoms with Crippen LogP contribution in [0, 0.1) is 5.41 Å². The van der Waals surface area contributed by atoms with Gasteiger partial charge in [-0.05, 0) is 11.6 Å². The smallest absolute Gasteiger partial charge is 0.151 e. The highest BCUT2D eigenvalue weighted by Gasteiger charge is 2.14. The fraction of sp³-hybridized carbons (Fsp3) is 0.0588. The molecule has 100 valence electrons. The van der Waals surface area contributed by atoms with Crippen LogP contribution >= 0.6 is 0 Å². The lowest BCUT2D eigenvalue weighted by molar-refractivity contribution is -0.633. The molecule has 2 aromatic rings. The molecule has 0 radical (unpaired) electrons. The Morgan fingerprint density at radius 2 is 1.80 bits per heavy atom. The molecule has 0 saturated heterocycles. The van der Waals surface area contributed by atoms with Crippen molar-refractivity contribution in [2.24, 2.45) is 5.10 Å². The maximum Gasteiger partial charge on any atom is 0.151 e. The molecule has 20 heavy (non-hydrogen) atoms. The molecule has 0 aliphatic rings. The zero-order chi connectivity index (χ0) is 14.4. The van der Waals surface area contributed by atoms with Crippen LogP contribution in [-0.2, 0) is 0 Å². The first-order valence-electron chi connectivity index (χ1n) is 6.49. The van der Waals surface area contributed by atoms with Crippen LogP contribution in [0.5, 0.6) is 0 Å². The summed E-state index contributed by atoms with van der Waals surface area (Å²) in [4.78, 5) is 0. The second kappa shape index (κ2) is 6.59. The zero-order valence-electron chi connectivity index (χ0n) is 11.5. The standard InChI is InChI=1S/C17H17N3/c1-3-13-8-7-11-15(12-13)17(20-19-2)16(18)14-9-5-4-6-10-14/h3-12,18-19H,1H2,2H3/p+1/b18-16?,20-17-. The van der Waals surface area contributed by atoms with Gasteiger partial charge in [-0.3, -0.25) is 5.41 Å². The molecular formula is C17H18N3+. The Hall–Kier alpha value is -2.52. The van der Waals surface area contributed by atoms with Crippen LogP contribution < -0.4 is 5.43 Å². The second-order valence-corrected chi connectivity index (χ2v) is 4.31. The molecule has 0 aliphatic heterocycles. The van der Waals surface area contributed by atoms with E-state index in [1.54, 1.807) is 11.5 Å². The van der Waals surface area contributed by atoms with E-state index in [1.807, 2.05) is 61.6 Å². The molecule has 0 aliphatic carbocycles. The number of benzene rings is 2. The van der Waals surface area contributed by atoms with Crippen molar-refractivity contribution in [1.29, 1.82) is 5.41 Å². The monoisotopic (exact) mass is 264 g/mol. The van der Waals surface area contributed by atoms with Gasteiger partial charge in [0, 0.05) is 11.1 Å². The van der Waals surface area contributed by atoms with Crippen LogP contribution in [0.2, 0.25) is 0 Å². The second-order valence-electron chi connectivity index (χ2n) is 4.31. The molecule has 0 spiro atoms. The summed E-state index contributed by atoms with van der Waals surface area (Å²) in [6.07, 6.45) is 1.79. The number of nitrogens with one attached hydrogen (secondary N) is 1. The summed E-state index contributed by atoms with van der Waals surface area (Å²) in [6, 6.07) is 17.5. The van der Waals surface area contributed by atoms with Crippen LogP contribution in [0.3, 0.4) is 0 Å². The molecule has 0 fully saturated rings. The van der Waals surface area contributed by atoms with E-state index < -0.39 is 0 Å². The summed E-state index contributed by atoms with van der Waals surface area (Å²) in [7, 11) is 1.86. The van der Waals surface area contributed by atoms with Crippen LogP contribution in [-0.4, -0.2) is 18.5 Å². The molecular weight excluding hydrogens is 246 g/mol. The maximum atomic E-state index is 8.38. The van der Waals surface area contributed by atoms with E-state index >= 15 is 0 Å². The van der Waals surface area contributed by atoms with Gasteiger partial charge in [-0.1, -0.05) is 66.3 Å². The molecule has 2 rings (SSSR count). The lowest BCUT2D eigenvalue weighted by Crippen LogP contribution is -2.73. The first kappa shape index (κ1) is 13.9. The van der Waals surface area contributed by atoms with Gasteiger partial charge in [-0.2, -0.15) is 0 Å². The Morgan fingerprint density at radius 1 is 1.10 bits per heavy atom. The van der Waals surface area contributed by atoms with Crippen LogP contribution in [0.4, 0.5) is 0 Å². The van der Waals surface area contributed by atoms with E-state index in [4.69, 9.17) is 5.41 Å². The van der Waals surface area contributed by atoms with E-state index in [1.165, 1.54) is 0 Å². The highest BCUT2D eigenvalue weighted by atomic mass is 15.3. The molecule has 0 aromatic heterocycles. The summed E-state index contributed by atoms with van der Waals surface area (Å²) in [5.74, 6) is 0. The summed E-state index contributed by atoms with van der Waals surface area (Å²) in [6.45, 7) is 3.78. The lowest BCUT2D eigenvalue weighted by atomic mass is 9.98. The minimum Gasteiger partial charge on any atom is -0.298 e. The Kier molecular flexibility index (Phi) is 4.58. The average molecular weight is 264 g/mol. The normalized spacial score (nSPS) is 11.2. The van der Waals surface area contributed by atoms with Gasteiger partial charge in [0.25, 0.3) is 0 Å². The van der Waals surface area contributed by atoms with Gasteiger partial charge in [-0.25, -0.2) is 5.43 Å². The zero-order valence-corrected chi connectivity index (χ0v) is 11.5. The highest BCUT2D eigenvalue weighted by molar-refractivity contribution is 6.52. The largest absolute Gasteiger partial charge is 0.298 e. The minimum atomic E-state index is 0.421. The summed E-state index contributed by atoms with van der Waals surface area (Å²) in [5.41, 5.74) is 5.61. The minimum absolute atomic E-state index is 0.421. The number of hydrogen-bond acceptors (Lipinski definition) is 2. The van der Waals surface area contributed by atoms with Crippen LogP contribution in [0.15, 0.2) is 66.3 Å². The predicted molar refractivity (Wildman–Crippen MR) is 84.2 cm³/mol. The van der Waals surface area contributed by atoms with Crippen molar-refractivity contribution in [3.63, 3.8) is 0 Å². The average Bonchev–Trinajstić information content (AvgIpc) is 2.53. The summed E-state index contributed by atoms with van der Waals surface area (Å²) >= 11 is 0. The van der Waals surface area contributed by atoms with Crippen molar-refractivity contribution in [2.75, 3.05) is 7.05 Å². The number of nitrogens with zero attached hydrogens (tertiary/aromatic N) is 1. The molecule has 3 heteroatoms. The molecule has 3 nitrogen and oxygen atoms in total. The van der Waals surface area contributed by atoms with E-state index in [0.717, 1.165) is 16.7 Å². The van der Waals surface area contributed by atoms with Crippen LogP contribution in [0.25, 0.3) is 6.08 Å². The molecule has 0 heterocycles. The topological polar surface area (TPSA) is 52.8 Å². The SMILES string of the molecule is C=Cc1cccc(/C(=N/[NH2+]C)C(=N)c2ccccc2)c1. The van der Waals surface area contributed by atoms with Crippen molar-refractivity contribution in [3.05, 3.63) is 77.9 Å². The quantitative estimate of drug-likeness (QED) is 0.473. The third-order valence-electron chi connectivity index (χ3n) is 2.95. The predicted octanol–water partition coefficient (Wildman–Crippen LogP) is 2.29. The molecule has 0 atom stereocenters. The number of hydrogen-bond donors (Lipinski definition) is 2. The molecule has 0 bridgehead atoms. The molecule has 0 saturated carbocycles. The fourth-order valence-electron chi connectivity index (χ4n) is 1.97. The van der Waals surface area contributed by atoms with Gasteiger partial charge in [0.1, 0.15) is 0 Å². The van der Waals surface area contributed by atoms with Crippen molar-refractivity contribution >= 4 is 17.5 Å². The number of rotatable bonds is 5. The number of nitrogens with two attached hydrogens (primary N) is 1. The summed E-state index contributed by atoms with van der Waals surface area (Å²) < 4.78 is 0. The first-order chi connectivity index (χ1) is 9.76. The Morgan fingerprint density at radius 3 is 2.45 bits per heavy atom. The van der Waals surface area contributed by atoms with Crippen molar-refractivity contribution < 1.29 is 5.43 Å². The lowest BCUT2D eigenvalue weighted by Gasteiger charge is -2.07. The molecule has 0 amide bonds. The molecule has 2 aromatic carbocycles. The maximum absolute atomic E-state index is 8.38. The van der Waals surface area contributed by atoms with Crippen LogP contribution in [0.1, 0.15) is 16.7 Å². The van der Waals surface area contributed by atoms with Gasteiger partial charge >= 0.3 is 0 Å². The third kappa shape index (κ3) is 3.08.